The summed E-state index contributed by atoms with van der Waals surface area (Å²) >= 11 is 0. The number of nitro groups is 1. The highest BCUT2D eigenvalue weighted by Crippen LogP contribution is 2.37. The third-order valence-corrected chi connectivity index (χ3v) is 3.89. The second-order valence-electron chi connectivity index (χ2n) is 6.33. The van der Waals surface area contributed by atoms with E-state index >= 15 is 0 Å². The first kappa shape index (κ1) is 21.1. The number of halogens is 3. The fourth-order valence-corrected chi connectivity index (χ4v) is 2.27. The number of nitrogens with zero attached hydrogens (tertiary/aromatic N) is 1. The minimum atomic E-state index is -4.98. The number of hydrogen-bond acceptors (Lipinski definition) is 4. The average Bonchev–Trinajstić information content (AvgIpc) is 2.60. The molecule has 28 heavy (non-hydrogen) atoms. The topological polar surface area (TPSA) is 92.5 Å². The first-order valence-corrected chi connectivity index (χ1v) is 8.05. The van der Waals surface area contributed by atoms with Gasteiger partial charge in [0.05, 0.1) is 4.92 Å². The molecule has 0 heterocycles. The van der Waals surface area contributed by atoms with Crippen molar-refractivity contribution in [1.29, 1.82) is 0 Å². The summed E-state index contributed by atoms with van der Waals surface area (Å²) in [5.74, 6) is -0.988. The number of aryl methyl sites for hydroxylation is 1. The molecule has 1 atom stereocenters. The van der Waals surface area contributed by atoms with Crippen molar-refractivity contribution in [3.8, 4) is 0 Å². The van der Waals surface area contributed by atoms with Gasteiger partial charge in [0, 0.05) is 11.8 Å². The van der Waals surface area contributed by atoms with Gasteiger partial charge in [0.1, 0.15) is 5.56 Å². The summed E-state index contributed by atoms with van der Waals surface area (Å²) in [6, 6.07) is 9.28. The first-order valence-electron chi connectivity index (χ1n) is 8.05. The molecule has 0 saturated carbocycles. The van der Waals surface area contributed by atoms with Gasteiger partial charge in [-0.25, -0.2) is 0 Å². The van der Waals surface area contributed by atoms with Crippen molar-refractivity contribution in [1.82, 2.24) is 0 Å². The molecular formula is C19H17F3N2O4. The van der Waals surface area contributed by atoms with Gasteiger partial charge in [-0.05, 0) is 37.6 Å². The van der Waals surface area contributed by atoms with Crippen molar-refractivity contribution in [3.63, 3.8) is 0 Å². The highest BCUT2D eigenvalue weighted by molar-refractivity contribution is 5.99. The Morgan fingerprint density at radius 1 is 1.18 bits per heavy atom. The van der Waals surface area contributed by atoms with E-state index in [1.807, 2.05) is 19.1 Å². The summed E-state index contributed by atoms with van der Waals surface area (Å²) in [7, 11) is 0. The zero-order valence-electron chi connectivity index (χ0n) is 14.9. The molecule has 1 amide bonds. The standard InChI is InChI=1S/C19H17F3N2O4/c1-12-3-5-13(6-4-12)9-10-18(2,26)17(25)23-14-7-8-16(24(27)28)15(11-14)19(20,21)22/h3-11,26H,1-2H3,(H,23,25)/b10-9-/t18-/m0/s1. The minimum Gasteiger partial charge on any atom is -0.376 e. The normalized spacial score (nSPS) is 13.9. The average molecular weight is 394 g/mol. The summed E-state index contributed by atoms with van der Waals surface area (Å²) in [5.41, 5.74) is -3.23. The summed E-state index contributed by atoms with van der Waals surface area (Å²) in [6.45, 7) is 3.07. The van der Waals surface area contributed by atoms with Gasteiger partial charge in [-0.1, -0.05) is 35.9 Å². The molecule has 2 aromatic rings. The van der Waals surface area contributed by atoms with Gasteiger partial charge in [0.15, 0.2) is 5.60 Å². The highest BCUT2D eigenvalue weighted by atomic mass is 19.4. The van der Waals surface area contributed by atoms with E-state index in [2.05, 4.69) is 5.32 Å². The van der Waals surface area contributed by atoms with Crippen molar-refractivity contribution in [2.45, 2.75) is 25.6 Å². The van der Waals surface area contributed by atoms with Gasteiger partial charge >= 0.3 is 6.18 Å². The molecule has 0 aliphatic heterocycles. The number of aliphatic hydroxyl groups is 1. The van der Waals surface area contributed by atoms with E-state index in [0.717, 1.165) is 11.6 Å². The Bertz CT molecular complexity index is 920. The zero-order chi connectivity index (χ0) is 21.1. The molecule has 0 radical (unpaired) electrons. The van der Waals surface area contributed by atoms with Crippen molar-refractivity contribution in [2.75, 3.05) is 5.32 Å². The maximum Gasteiger partial charge on any atom is 0.423 e. The van der Waals surface area contributed by atoms with Crippen LogP contribution in [0.4, 0.5) is 24.5 Å². The van der Waals surface area contributed by atoms with Crippen LogP contribution in [-0.4, -0.2) is 21.5 Å². The Morgan fingerprint density at radius 3 is 2.32 bits per heavy atom. The lowest BCUT2D eigenvalue weighted by molar-refractivity contribution is -0.388. The summed E-state index contributed by atoms with van der Waals surface area (Å²) < 4.78 is 39.1. The number of carbonyl (C=O) groups is 1. The predicted octanol–water partition coefficient (Wildman–Crippen LogP) is 4.32. The van der Waals surface area contributed by atoms with E-state index in [4.69, 9.17) is 0 Å². The van der Waals surface area contributed by atoms with Crippen LogP contribution in [0.15, 0.2) is 48.5 Å². The molecule has 2 rings (SSSR count). The Balaban J connectivity index is 2.23. The highest BCUT2D eigenvalue weighted by Gasteiger charge is 2.39. The number of alkyl halides is 3. The number of amides is 1. The molecule has 2 N–H and O–H groups in total. The molecule has 0 unspecified atom stereocenters. The molecule has 148 valence electrons. The lowest BCUT2D eigenvalue weighted by atomic mass is 10.0. The largest absolute Gasteiger partial charge is 0.423 e. The third kappa shape index (κ3) is 5.17. The Morgan fingerprint density at radius 2 is 1.79 bits per heavy atom. The fourth-order valence-electron chi connectivity index (χ4n) is 2.27. The van der Waals surface area contributed by atoms with Gasteiger partial charge in [0.2, 0.25) is 0 Å². The van der Waals surface area contributed by atoms with Gasteiger partial charge in [-0.3, -0.25) is 14.9 Å². The van der Waals surface area contributed by atoms with Crippen LogP contribution >= 0.6 is 0 Å². The number of rotatable bonds is 5. The van der Waals surface area contributed by atoms with Crippen molar-refractivity contribution >= 4 is 23.4 Å². The van der Waals surface area contributed by atoms with Crippen LogP contribution in [0.25, 0.3) is 6.08 Å². The molecule has 2 aromatic carbocycles. The molecule has 0 aliphatic rings. The van der Waals surface area contributed by atoms with Crippen LogP contribution in [-0.2, 0) is 11.0 Å². The Hall–Kier alpha value is -3.20. The summed E-state index contributed by atoms with van der Waals surface area (Å²) in [4.78, 5) is 21.9. The van der Waals surface area contributed by atoms with E-state index in [0.29, 0.717) is 17.7 Å². The van der Waals surface area contributed by atoms with Crippen molar-refractivity contribution in [3.05, 3.63) is 75.3 Å². The van der Waals surface area contributed by atoms with E-state index < -0.39 is 33.9 Å². The van der Waals surface area contributed by atoms with Crippen molar-refractivity contribution in [2.24, 2.45) is 0 Å². The number of anilines is 1. The van der Waals surface area contributed by atoms with E-state index in [-0.39, 0.29) is 5.69 Å². The van der Waals surface area contributed by atoms with Crippen LogP contribution in [0.5, 0.6) is 0 Å². The van der Waals surface area contributed by atoms with Crippen LogP contribution in [0.2, 0.25) is 0 Å². The van der Waals surface area contributed by atoms with Crippen LogP contribution in [0, 0.1) is 17.0 Å². The number of carbonyl (C=O) groups excluding carboxylic acids is 1. The molecule has 6 nitrogen and oxygen atoms in total. The molecule has 0 bridgehead atoms. The molecule has 0 aliphatic carbocycles. The third-order valence-electron chi connectivity index (χ3n) is 3.89. The molecule has 0 aromatic heterocycles. The van der Waals surface area contributed by atoms with Gasteiger partial charge < -0.3 is 10.4 Å². The summed E-state index contributed by atoms with van der Waals surface area (Å²) in [6.07, 6.45) is -2.28. The van der Waals surface area contributed by atoms with E-state index in [1.54, 1.807) is 12.1 Å². The molecular weight excluding hydrogens is 377 g/mol. The monoisotopic (exact) mass is 394 g/mol. The van der Waals surface area contributed by atoms with Crippen molar-refractivity contribution < 1.29 is 28.0 Å². The number of hydrogen-bond donors (Lipinski definition) is 2. The maximum absolute atomic E-state index is 13.0. The smallest absolute Gasteiger partial charge is 0.376 e. The second-order valence-corrected chi connectivity index (χ2v) is 6.33. The lowest BCUT2D eigenvalue weighted by Gasteiger charge is -2.19. The molecule has 0 fully saturated rings. The zero-order valence-corrected chi connectivity index (χ0v) is 14.9. The van der Waals surface area contributed by atoms with E-state index in [9.17, 15) is 33.2 Å². The molecule has 9 heteroatoms. The van der Waals surface area contributed by atoms with Gasteiger partial charge in [-0.15, -0.1) is 0 Å². The minimum absolute atomic E-state index is 0.327. The summed E-state index contributed by atoms with van der Waals surface area (Å²) in [5, 5.41) is 23.2. The second kappa shape index (κ2) is 7.81. The van der Waals surface area contributed by atoms with E-state index in [1.165, 1.54) is 19.1 Å². The number of nitro benzene ring substituents is 1. The van der Waals surface area contributed by atoms with Gasteiger partial charge in [0.25, 0.3) is 11.6 Å². The Kier molecular flexibility index (Phi) is 5.89. The quantitative estimate of drug-likeness (QED) is 0.583. The van der Waals surface area contributed by atoms with Crippen LogP contribution in [0.1, 0.15) is 23.6 Å². The van der Waals surface area contributed by atoms with Crippen LogP contribution < -0.4 is 5.32 Å². The molecule has 0 spiro atoms. The Labute approximate surface area is 158 Å². The predicted molar refractivity (Wildman–Crippen MR) is 97.6 cm³/mol. The molecule has 0 saturated heterocycles. The van der Waals surface area contributed by atoms with Gasteiger partial charge in [-0.2, -0.15) is 13.2 Å². The maximum atomic E-state index is 13.0. The first-order chi connectivity index (χ1) is 12.9. The SMILES string of the molecule is Cc1ccc(/C=C\[C@](C)(O)C(=O)Nc2ccc([N+](=O)[O-])c(C(F)(F)F)c2)cc1. The number of nitrogens with one attached hydrogen (secondary N) is 1. The lowest BCUT2D eigenvalue weighted by Crippen LogP contribution is -2.38. The fraction of sp³-hybridized carbons (Fsp3) is 0.211. The van der Waals surface area contributed by atoms with Crippen LogP contribution in [0.3, 0.4) is 0 Å². The number of benzene rings is 2.